The summed E-state index contributed by atoms with van der Waals surface area (Å²) in [5.74, 6) is 0.338. The minimum atomic E-state index is -0.406. The third kappa shape index (κ3) is 4.78. The van der Waals surface area contributed by atoms with Crippen molar-refractivity contribution in [1.82, 2.24) is 4.98 Å². The van der Waals surface area contributed by atoms with E-state index in [2.05, 4.69) is 4.98 Å². The van der Waals surface area contributed by atoms with Crippen molar-refractivity contribution < 1.29 is 14.3 Å². The molecule has 2 aromatic heterocycles. The number of nitrogens with zero attached hydrogens (tertiary/aromatic N) is 1. The van der Waals surface area contributed by atoms with Crippen LogP contribution in [0.25, 0.3) is 16.6 Å². The summed E-state index contributed by atoms with van der Waals surface area (Å²) in [6.07, 6.45) is 3.11. The second-order valence-corrected chi connectivity index (χ2v) is 6.71. The van der Waals surface area contributed by atoms with Crippen molar-refractivity contribution in [2.45, 2.75) is 13.5 Å². The van der Waals surface area contributed by atoms with E-state index in [9.17, 15) is 4.79 Å². The number of aromatic nitrogens is 1. The van der Waals surface area contributed by atoms with Crippen LogP contribution in [0.15, 0.2) is 52.5 Å². The molecule has 1 aromatic carbocycles. The maximum absolute atomic E-state index is 11.9. The fourth-order valence-electron chi connectivity index (χ4n) is 2.15. The second-order valence-electron chi connectivity index (χ2n) is 5.07. The molecule has 0 aliphatic heterocycles. The Bertz CT molecular complexity index is 853. The molecule has 6 heteroatoms. The molecule has 0 bridgehead atoms. The van der Waals surface area contributed by atoms with Gasteiger partial charge in [-0.2, -0.15) is 11.3 Å². The summed E-state index contributed by atoms with van der Waals surface area (Å²) in [4.78, 5) is 16.4. The number of thiazole rings is 1. The molecular formula is C19H17NO3S2. The van der Waals surface area contributed by atoms with Crippen molar-refractivity contribution in [2.24, 2.45) is 0 Å². The fraction of sp³-hybridized carbons (Fsp3) is 0.158. The Labute approximate surface area is 154 Å². The average molecular weight is 371 g/mol. The van der Waals surface area contributed by atoms with Gasteiger partial charge in [-0.25, -0.2) is 9.78 Å². The third-order valence-corrected chi connectivity index (χ3v) is 4.92. The topological polar surface area (TPSA) is 48.4 Å². The van der Waals surface area contributed by atoms with Crippen LogP contribution < -0.4 is 4.74 Å². The van der Waals surface area contributed by atoms with Gasteiger partial charge in [-0.15, -0.1) is 11.3 Å². The van der Waals surface area contributed by atoms with Crippen LogP contribution in [0.5, 0.6) is 5.75 Å². The van der Waals surface area contributed by atoms with Crippen molar-refractivity contribution in [3.8, 4) is 16.3 Å². The highest BCUT2D eigenvalue weighted by atomic mass is 32.1. The SMILES string of the molecule is CCOc1ccccc1/C=C/C(=O)OCc1csc(-c2ccsc2)n1. The molecule has 0 radical (unpaired) electrons. The lowest BCUT2D eigenvalue weighted by molar-refractivity contribution is -0.139. The summed E-state index contributed by atoms with van der Waals surface area (Å²) >= 11 is 3.18. The molecule has 0 spiro atoms. The first-order valence-electron chi connectivity index (χ1n) is 7.80. The summed E-state index contributed by atoms with van der Waals surface area (Å²) in [6, 6.07) is 9.58. The van der Waals surface area contributed by atoms with E-state index in [0.29, 0.717) is 6.61 Å². The number of hydrogen-bond donors (Lipinski definition) is 0. The lowest BCUT2D eigenvalue weighted by Crippen LogP contribution is -2.01. The number of carbonyl (C=O) groups is 1. The standard InChI is InChI=1S/C19H17NO3S2/c1-2-22-17-6-4-3-5-14(17)7-8-18(21)23-11-16-13-25-19(20-16)15-9-10-24-12-15/h3-10,12-13H,2,11H2,1H3/b8-7+. The maximum Gasteiger partial charge on any atom is 0.331 e. The molecule has 3 rings (SSSR count). The number of hydrogen-bond acceptors (Lipinski definition) is 6. The Morgan fingerprint density at radius 3 is 2.92 bits per heavy atom. The Hall–Kier alpha value is -2.44. The van der Waals surface area contributed by atoms with Gasteiger partial charge in [0, 0.05) is 28.0 Å². The lowest BCUT2D eigenvalue weighted by Gasteiger charge is -2.06. The van der Waals surface area contributed by atoms with Crippen molar-refractivity contribution in [3.63, 3.8) is 0 Å². The van der Waals surface area contributed by atoms with Gasteiger partial charge >= 0.3 is 5.97 Å². The second kappa shape index (κ2) is 8.60. The summed E-state index contributed by atoms with van der Waals surface area (Å²) in [7, 11) is 0. The van der Waals surface area contributed by atoms with Gasteiger partial charge in [0.25, 0.3) is 0 Å². The number of carbonyl (C=O) groups excluding carboxylic acids is 1. The lowest BCUT2D eigenvalue weighted by atomic mass is 10.2. The normalized spacial score (nSPS) is 10.9. The van der Waals surface area contributed by atoms with Crippen LogP contribution in [0.4, 0.5) is 0 Å². The molecule has 0 N–H and O–H groups in total. The molecule has 3 aromatic rings. The highest BCUT2D eigenvalue weighted by Gasteiger charge is 2.07. The Balaban J connectivity index is 1.56. The van der Waals surface area contributed by atoms with E-state index in [1.54, 1.807) is 28.7 Å². The van der Waals surface area contributed by atoms with Gasteiger partial charge < -0.3 is 9.47 Å². The molecule has 128 valence electrons. The zero-order valence-corrected chi connectivity index (χ0v) is 15.3. The molecule has 25 heavy (non-hydrogen) atoms. The quantitative estimate of drug-likeness (QED) is 0.432. The van der Waals surface area contributed by atoms with Crippen LogP contribution in [0.1, 0.15) is 18.2 Å². The molecular weight excluding hydrogens is 354 g/mol. The molecule has 4 nitrogen and oxygen atoms in total. The highest BCUT2D eigenvalue weighted by molar-refractivity contribution is 7.14. The maximum atomic E-state index is 11.9. The van der Waals surface area contributed by atoms with E-state index in [1.807, 2.05) is 53.4 Å². The van der Waals surface area contributed by atoms with Crippen molar-refractivity contribution in [1.29, 1.82) is 0 Å². The number of benzene rings is 1. The smallest absolute Gasteiger partial charge is 0.331 e. The summed E-state index contributed by atoms with van der Waals surface area (Å²) in [6.45, 7) is 2.66. The Kier molecular flexibility index (Phi) is 5.98. The molecule has 0 saturated heterocycles. The number of rotatable bonds is 7. The van der Waals surface area contributed by atoms with Gasteiger partial charge in [0.2, 0.25) is 0 Å². The van der Waals surface area contributed by atoms with Crippen molar-refractivity contribution >= 4 is 34.7 Å². The third-order valence-electron chi connectivity index (χ3n) is 3.30. The first-order chi connectivity index (χ1) is 12.3. The summed E-state index contributed by atoms with van der Waals surface area (Å²) < 4.78 is 10.8. The van der Waals surface area contributed by atoms with Gasteiger partial charge in [0.05, 0.1) is 12.3 Å². The van der Waals surface area contributed by atoms with Gasteiger partial charge in [0.15, 0.2) is 0 Å². The molecule has 0 saturated carbocycles. The monoisotopic (exact) mass is 371 g/mol. The Morgan fingerprint density at radius 1 is 1.24 bits per heavy atom. The summed E-state index contributed by atoms with van der Waals surface area (Å²) in [5.41, 5.74) is 2.69. The van der Waals surface area contributed by atoms with Gasteiger partial charge in [-0.05, 0) is 30.5 Å². The predicted molar refractivity (Wildman–Crippen MR) is 102 cm³/mol. The number of thiophene rings is 1. The van der Waals surface area contributed by atoms with Gasteiger partial charge in [-0.1, -0.05) is 18.2 Å². The molecule has 0 atom stereocenters. The molecule has 2 heterocycles. The zero-order valence-electron chi connectivity index (χ0n) is 13.7. The summed E-state index contributed by atoms with van der Waals surface area (Å²) in [5, 5.41) is 6.91. The van der Waals surface area contributed by atoms with E-state index in [1.165, 1.54) is 6.08 Å². The Morgan fingerprint density at radius 2 is 2.12 bits per heavy atom. The van der Waals surface area contributed by atoms with E-state index < -0.39 is 5.97 Å². The van der Waals surface area contributed by atoms with Crippen LogP contribution in [0.2, 0.25) is 0 Å². The molecule has 0 aliphatic carbocycles. The first kappa shape index (κ1) is 17.4. The number of ether oxygens (including phenoxy) is 2. The van der Waals surface area contributed by atoms with Crippen molar-refractivity contribution in [2.75, 3.05) is 6.61 Å². The van der Waals surface area contributed by atoms with Crippen LogP contribution in [0, 0.1) is 0 Å². The zero-order chi connectivity index (χ0) is 17.5. The number of para-hydroxylation sites is 1. The first-order valence-corrected chi connectivity index (χ1v) is 9.62. The minimum absolute atomic E-state index is 0.164. The molecule has 0 unspecified atom stereocenters. The van der Waals surface area contributed by atoms with E-state index in [4.69, 9.17) is 9.47 Å². The van der Waals surface area contributed by atoms with Crippen LogP contribution in [0.3, 0.4) is 0 Å². The van der Waals surface area contributed by atoms with E-state index in [0.717, 1.165) is 27.6 Å². The minimum Gasteiger partial charge on any atom is -0.493 e. The average Bonchev–Trinajstić information content (AvgIpc) is 3.31. The molecule has 0 fully saturated rings. The van der Waals surface area contributed by atoms with Crippen LogP contribution in [-0.4, -0.2) is 17.6 Å². The van der Waals surface area contributed by atoms with E-state index in [-0.39, 0.29) is 6.61 Å². The largest absolute Gasteiger partial charge is 0.493 e. The van der Waals surface area contributed by atoms with Crippen LogP contribution >= 0.6 is 22.7 Å². The van der Waals surface area contributed by atoms with Crippen molar-refractivity contribution in [3.05, 3.63) is 63.8 Å². The highest BCUT2D eigenvalue weighted by Crippen LogP contribution is 2.26. The molecule has 0 amide bonds. The van der Waals surface area contributed by atoms with E-state index >= 15 is 0 Å². The predicted octanol–water partition coefficient (Wildman–Crippen LogP) is 5.03. The van der Waals surface area contributed by atoms with Gasteiger partial charge in [0.1, 0.15) is 17.4 Å². The number of esters is 1. The fourth-order valence-corrected chi connectivity index (χ4v) is 3.66. The van der Waals surface area contributed by atoms with Crippen LogP contribution in [-0.2, 0) is 16.1 Å². The molecule has 0 aliphatic rings. The van der Waals surface area contributed by atoms with Gasteiger partial charge in [-0.3, -0.25) is 0 Å².